The van der Waals surface area contributed by atoms with Gasteiger partial charge in [0.25, 0.3) is 0 Å². The Balaban J connectivity index is 2.14. The van der Waals surface area contributed by atoms with Gasteiger partial charge in [-0.2, -0.15) is 5.10 Å². The van der Waals surface area contributed by atoms with E-state index in [0.29, 0.717) is 16.7 Å². The Bertz CT molecular complexity index is 455. The molecule has 2 rings (SSSR count). The minimum atomic E-state index is 0.412. The first kappa shape index (κ1) is 9.98. The first-order valence-corrected chi connectivity index (χ1v) is 4.97. The van der Waals surface area contributed by atoms with Crippen molar-refractivity contribution >= 4 is 11.6 Å². The molecule has 5 heteroatoms. The number of pyridine rings is 1. The molecule has 2 heterocycles. The zero-order chi connectivity index (χ0) is 10.7. The zero-order valence-electron chi connectivity index (χ0n) is 8.22. The summed E-state index contributed by atoms with van der Waals surface area (Å²) in [7, 11) is 0. The Hall–Kier alpha value is -1.55. The fourth-order valence-corrected chi connectivity index (χ4v) is 1.32. The SMILES string of the molecule is CCn1cc(Oc2ccnc(Cl)c2)cn1. The smallest absolute Gasteiger partial charge is 0.165 e. The second-order valence-corrected chi connectivity index (χ2v) is 3.34. The zero-order valence-corrected chi connectivity index (χ0v) is 8.98. The van der Waals surface area contributed by atoms with Gasteiger partial charge in [0.2, 0.25) is 0 Å². The van der Waals surface area contributed by atoms with E-state index in [4.69, 9.17) is 16.3 Å². The summed E-state index contributed by atoms with van der Waals surface area (Å²) >= 11 is 5.73. The molecular weight excluding hydrogens is 214 g/mol. The van der Waals surface area contributed by atoms with Crippen LogP contribution in [-0.2, 0) is 6.54 Å². The number of hydrogen-bond donors (Lipinski definition) is 0. The Morgan fingerprint density at radius 2 is 2.33 bits per heavy atom. The van der Waals surface area contributed by atoms with E-state index in [1.807, 2.05) is 13.1 Å². The summed E-state index contributed by atoms with van der Waals surface area (Å²) in [4.78, 5) is 3.87. The van der Waals surface area contributed by atoms with Crippen LogP contribution in [0.25, 0.3) is 0 Å². The Labute approximate surface area is 92.5 Å². The number of hydrogen-bond acceptors (Lipinski definition) is 3. The molecule has 0 fully saturated rings. The second-order valence-electron chi connectivity index (χ2n) is 2.95. The molecular formula is C10H10ClN3O. The molecule has 0 N–H and O–H groups in total. The van der Waals surface area contributed by atoms with Crippen LogP contribution in [-0.4, -0.2) is 14.8 Å². The molecule has 0 atom stereocenters. The van der Waals surface area contributed by atoms with E-state index in [9.17, 15) is 0 Å². The van der Waals surface area contributed by atoms with E-state index >= 15 is 0 Å². The first-order chi connectivity index (χ1) is 7.28. The lowest BCUT2D eigenvalue weighted by Gasteiger charge is -2.01. The highest BCUT2D eigenvalue weighted by atomic mass is 35.5. The highest BCUT2D eigenvalue weighted by Gasteiger charge is 2.01. The number of halogens is 1. The molecule has 4 nitrogen and oxygen atoms in total. The van der Waals surface area contributed by atoms with E-state index in [1.54, 1.807) is 29.2 Å². The Kier molecular flexibility index (Phi) is 2.87. The topological polar surface area (TPSA) is 39.9 Å². The highest BCUT2D eigenvalue weighted by molar-refractivity contribution is 6.29. The van der Waals surface area contributed by atoms with E-state index in [0.717, 1.165) is 6.54 Å². The summed E-state index contributed by atoms with van der Waals surface area (Å²) in [5.41, 5.74) is 0. The van der Waals surface area contributed by atoms with Crippen LogP contribution in [0.5, 0.6) is 11.5 Å². The van der Waals surface area contributed by atoms with Crippen LogP contribution in [0.1, 0.15) is 6.92 Å². The number of rotatable bonds is 3. The molecule has 0 aliphatic heterocycles. The van der Waals surface area contributed by atoms with Gasteiger partial charge in [0.15, 0.2) is 5.75 Å². The number of aromatic nitrogens is 3. The highest BCUT2D eigenvalue weighted by Crippen LogP contribution is 2.21. The van der Waals surface area contributed by atoms with E-state index in [1.165, 1.54) is 0 Å². The Morgan fingerprint density at radius 3 is 3.00 bits per heavy atom. The summed E-state index contributed by atoms with van der Waals surface area (Å²) in [5, 5.41) is 4.51. The van der Waals surface area contributed by atoms with Crippen LogP contribution in [0, 0.1) is 0 Å². The lowest BCUT2D eigenvalue weighted by molar-refractivity contribution is 0.480. The lowest BCUT2D eigenvalue weighted by Crippen LogP contribution is -1.92. The molecule has 0 aromatic carbocycles. The standard InChI is InChI=1S/C10H10ClN3O/c1-2-14-7-9(6-13-14)15-8-3-4-12-10(11)5-8/h3-7H,2H2,1H3. The molecule has 0 spiro atoms. The maximum absolute atomic E-state index is 5.73. The molecule has 2 aromatic rings. The van der Waals surface area contributed by atoms with Crippen molar-refractivity contribution in [3.05, 3.63) is 35.9 Å². The van der Waals surface area contributed by atoms with Gasteiger partial charge in [-0.15, -0.1) is 0 Å². The van der Waals surface area contributed by atoms with Gasteiger partial charge < -0.3 is 4.74 Å². The third kappa shape index (κ3) is 2.47. The van der Waals surface area contributed by atoms with Crippen LogP contribution in [0.4, 0.5) is 0 Å². The molecule has 0 unspecified atom stereocenters. The largest absolute Gasteiger partial charge is 0.454 e. The molecule has 0 aliphatic rings. The molecule has 0 saturated carbocycles. The van der Waals surface area contributed by atoms with Gasteiger partial charge >= 0.3 is 0 Å². The van der Waals surface area contributed by atoms with Crippen molar-refractivity contribution < 1.29 is 4.74 Å². The lowest BCUT2D eigenvalue weighted by atomic mass is 10.4. The number of aryl methyl sites for hydroxylation is 1. The van der Waals surface area contributed by atoms with Crippen LogP contribution >= 0.6 is 11.6 Å². The fraction of sp³-hybridized carbons (Fsp3) is 0.200. The molecule has 0 saturated heterocycles. The molecule has 0 aliphatic carbocycles. The maximum Gasteiger partial charge on any atom is 0.165 e. The second kappa shape index (κ2) is 4.31. The van der Waals surface area contributed by atoms with E-state index < -0.39 is 0 Å². The Morgan fingerprint density at radius 1 is 1.47 bits per heavy atom. The summed E-state index contributed by atoms with van der Waals surface area (Å²) in [5.74, 6) is 1.35. The van der Waals surface area contributed by atoms with Gasteiger partial charge in [0.05, 0.1) is 12.4 Å². The summed E-state index contributed by atoms with van der Waals surface area (Å²) in [6, 6.07) is 3.40. The van der Waals surface area contributed by atoms with Gasteiger partial charge in [-0.1, -0.05) is 11.6 Å². The molecule has 0 radical (unpaired) electrons. The van der Waals surface area contributed by atoms with E-state index in [2.05, 4.69) is 10.1 Å². The van der Waals surface area contributed by atoms with Crippen LogP contribution in [0.3, 0.4) is 0 Å². The van der Waals surface area contributed by atoms with Crippen molar-refractivity contribution in [2.24, 2.45) is 0 Å². The van der Waals surface area contributed by atoms with Crippen LogP contribution in [0.15, 0.2) is 30.7 Å². The van der Waals surface area contributed by atoms with E-state index in [-0.39, 0.29) is 0 Å². The maximum atomic E-state index is 5.73. The normalized spacial score (nSPS) is 10.3. The number of ether oxygens (including phenoxy) is 1. The average Bonchev–Trinajstić information content (AvgIpc) is 2.65. The van der Waals surface area contributed by atoms with Crippen LogP contribution in [0.2, 0.25) is 5.15 Å². The van der Waals surface area contributed by atoms with Gasteiger partial charge in [0.1, 0.15) is 10.9 Å². The fourth-order valence-electron chi connectivity index (χ4n) is 1.15. The monoisotopic (exact) mass is 223 g/mol. The van der Waals surface area contributed by atoms with Gasteiger partial charge in [-0.25, -0.2) is 4.98 Å². The molecule has 0 bridgehead atoms. The van der Waals surface area contributed by atoms with Crippen molar-refractivity contribution in [2.75, 3.05) is 0 Å². The van der Waals surface area contributed by atoms with Crippen molar-refractivity contribution in [3.63, 3.8) is 0 Å². The minimum Gasteiger partial charge on any atom is -0.454 e. The summed E-state index contributed by atoms with van der Waals surface area (Å²) in [6.07, 6.45) is 5.09. The van der Waals surface area contributed by atoms with Crippen molar-refractivity contribution in [3.8, 4) is 11.5 Å². The molecule has 2 aromatic heterocycles. The van der Waals surface area contributed by atoms with Crippen molar-refractivity contribution in [1.82, 2.24) is 14.8 Å². The van der Waals surface area contributed by atoms with Gasteiger partial charge in [-0.3, -0.25) is 4.68 Å². The summed E-state index contributed by atoms with van der Waals surface area (Å²) < 4.78 is 7.32. The van der Waals surface area contributed by atoms with Crippen molar-refractivity contribution in [2.45, 2.75) is 13.5 Å². The third-order valence-corrected chi connectivity index (χ3v) is 2.07. The third-order valence-electron chi connectivity index (χ3n) is 1.87. The minimum absolute atomic E-state index is 0.412. The predicted molar refractivity (Wildman–Crippen MR) is 57.2 cm³/mol. The summed E-state index contributed by atoms with van der Waals surface area (Å²) in [6.45, 7) is 2.83. The average molecular weight is 224 g/mol. The van der Waals surface area contributed by atoms with Gasteiger partial charge in [0, 0.05) is 18.8 Å². The molecule has 0 amide bonds. The van der Waals surface area contributed by atoms with Crippen molar-refractivity contribution in [1.29, 1.82) is 0 Å². The quantitative estimate of drug-likeness (QED) is 0.752. The number of nitrogens with zero attached hydrogens (tertiary/aromatic N) is 3. The van der Waals surface area contributed by atoms with Gasteiger partial charge in [-0.05, 0) is 13.0 Å². The first-order valence-electron chi connectivity index (χ1n) is 4.60. The molecule has 15 heavy (non-hydrogen) atoms. The predicted octanol–water partition coefficient (Wildman–Crippen LogP) is 2.74. The van der Waals surface area contributed by atoms with Crippen LogP contribution < -0.4 is 4.74 Å². The molecule has 78 valence electrons.